The lowest BCUT2D eigenvalue weighted by atomic mass is 10.5. The summed E-state index contributed by atoms with van der Waals surface area (Å²) < 4.78 is 0. The maximum absolute atomic E-state index is 4.39. The highest BCUT2D eigenvalue weighted by atomic mass is 15.3. The molecule has 1 heterocycles. The minimum Gasteiger partial charge on any atom is -0.358 e. The van der Waals surface area contributed by atoms with Gasteiger partial charge in [0.05, 0.1) is 17.9 Å². The third kappa shape index (κ3) is 0.358. The van der Waals surface area contributed by atoms with Gasteiger partial charge < -0.3 is 4.90 Å². The van der Waals surface area contributed by atoms with E-state index >= 15 is 0 Å². The van der Waals surface area contributed by atoms with Crippen molar-refractivity contribution in [1.82, 2.24) is 4.90 Å². The van der Waals surface area contributed by atoms with Crippen molar-refractivity contribution in [3.63, 3.8) is 0 Å². The Morgan fingerprint density at radius 3 is 2.75 bits per heavy atom. The van der Waals surface area contributed by atoms with Crippen molar-refractivity contribution >= 4 is 5.84 Å². The van der Waals surface area contributed by atoms with Gasteiger partial charge in [-0.1, -0.05) is 0 Å². The molecule has 0 bridgehead atoms. The fourth-order valence-electron chi connectivity index (χ4n) is 1.29. The largest absolute Gasteiger partial charge is 0.358 e. The van der Waals surface area contributed by atoms with Gasteiger partial charge in [-0.2, -0.15) is 0 Å². The zero-order chi connectivity index (χ0) is 5.72. The molecule has 0 saturated heterocycles. The van der Waals surface area contributed by atoms with Crippen molar-refractivity contribution in [2.75, 3.05) is 7.05 Å². The Labute approximate surface area is 49.2 Å². The van der Waals surface area contributed by atoms with Gasteiger partial charge in [-0.3, -0.25) is 4.99 Å². The van der Waals surface area contributed by atoms with Crippen molar-refractivity contribution in [2.45, 2.75) is 25.4 Å². The van der Waals surface area contributed by atoms with Crippen LogP contribution in [-0.2, 0) is 0 Å². The Hall–Kier alpha value is -0.530. The molecule has 0 N–H and O–H groups in total. The highest BCUT2D eigenvalue weighted by Crippen LogP contribution is 2.35. The zero-order valence-corrected chi connectivity index (χ0v) is 5.26. The van der Waals surface area contributed by atoms with E-state index in [9.17, 15) is 0 Å². The van der Waals surface area contributed by atoms with Gasteiger partial charge in [0.15, 0.2) is 0 Å². The molecule has 2 aliphatic rings. The predicted molar refractivity (Wildman–Crippen MR) is 33.1 cm³/mol. The van der Waals surface area contributed by atoms with Gasteiger partial charge in [-0.15, -0.1) is 0 Å². The first-order chi connectivity index (χ1) is 3.79. The quantitative estimate of drug-likeness (QED) is 0.443. The molecule has 0 radical (unpaired) electrons. The topological polar surface area (TPSA) is 15.6 Å². The first kappa shape index (κ1) is 4.36. The fourth-order valence-corrected chi connectivity index (χ4v) is 1.29. The van der Waals surface area contributed by atoms with Crippen LogP contribution >= 0.6 is 0 Å². The van der Waals surface area contributed by atoms with Crippen LogP contribution in [0.4, 0.5) is 0 Å². The average Bonchev–Trinajstić information content (AvgIpc) is 2.39. The minimum absolute atomic E-state index is 0.681. The molecule has 1 saturated carbocycles. The molecular formula is C6H10N2. The van der Waals surface area contributed by atoms with Crippen LogP contribution in [0.2, 0.25) is 0 Å². The number of likely N-dealkylation sites (N-methyl/N-ethyl adjacent to an activating group) is 1. The molecule has 2 atom stereocenters. The number of hydrogen-bond acceptors (Lipinski definition) is 2. The van der Waals surface area contributed by atoms with Crippen molar-refractivity contribution in [3.05, 3.63) is 0 Å². The second-order valence-electron chi connectivity index (χ2n) is 2.66. The lowest BCUT2D eigenvalue weighted by Gasteiger charge is -2.11. The van der Waals surface area contributed by atoms with E-state index in [0.29, 0.717) is 6.04 Å². The lowest BCUT2D eigenvalue weighted by Crippen LogP contribution is -2.22. The summed E-state index contributed by atoms with van der Waals surface area (Å²) in [6.45, 7) is 2.08. The van der Waals surface area contributed by atoms with Crippen LogP contribution in [0.3, 0.4) is 0 Å². The Balaban J connectivity index is 2.25. The van der Waals surface area contributed by atoms with Gasteiger partial charge in [-0.05, 0) is 13.3 Å². The Morgan fingerprint density at radius 2 is 2.50 bits per heavy atom. The number of rotatable bonds is 0. The van der Waals surface area contributed by atoms with Crippen molar-refractivity contribution in [3.8, 4) is 0 Å². The van der Waals surface area contributed by atoms with Crippen molar-refractivity contribution in [2.24, 2.45) is 4.99 Å². The number of fused-ring (bicyclic) bond motifs is 1. The van der Waals surface area contributed by atoms with E-state index < -0.39 is 0 Å². The molecule has 1 unspecified atom stereocenters. The van der Waals surface area contributed by atoms with E-state index in [2.05, 4.69) is 23.9 Å². The molecule has 0 aromatic rings. The van der Waals surface area contributed by atoms with E-state index in [4.69, 9.17) is 0 Å². The van der Waals surface area contributed by atoms with Crippen LogP contribution in [0.5, 0.6) is 0 Å². The molecule has 1 aliphatic carbocycles. The summed E-state index contributed by atoms with van der Waals surface area (Å²) in [6, 6.07) is 1.47. The maximum Gasteiger partial charge on any atom is 0.0962 e. The number of hydrogen-bond donors (Lipinski definition) is 0. The smallest absolute Gasteiger partial charge is 0.0962 e. The standard InChI is InChI=1S/C6H10N2/c1-4-7-5-3-6(5)8(4)2/h5-6H,3H2,1-2H3/t5-,6?/m0/s1. The SMILES string of the molecule is CC1=N[C@H]2CC2N1C. The van der Waals surface area contributed by atoms with Crippen molar-refractivity contribution < 1.29 is 0 Å². The molecule has 0 amide bonds. The average molecular weight is 110 g/mol. The molecule has 44 valence electrons. The number of aliphatic imine (C=N–C) groups is 1. The van der Waals surface area contributed by atoms with Gasteiger partial charge in [0.1, 0.15) is 0 Å². The van der Waals surface area contributed by atoms with Crippen LogP contribution in [0.15, 0.2) is 4.99 Å². The Kier molecular flexibility index (Phi) is 0.581. The van der Waals surface area contributed by atoms with E-state index in [-0.39, 0.29) is 0 Å². The summed E-state index contributed by atoms with van der Waals surface area (Å²) in [6.07, 6.45) is 1.30. The molecule has 1 aliphatic heterocycles. The molecule has 0 aromatic heterocycles. The van der Waals surface area contributed by atoms with E-state index in [1.54, 1.807) is 0 Å². The van der Waals surface area contributed by atoms with E-state index in [1.807, 2.05) is 0 Å². The predicted octanol–water partition coefficient (Wildman–Crippen LogP) is 0.491. The van der Waals surface area contributed by atoms with Crippen LogP contribution in [-0.4, -0.2) is 29.9 Å². The second kappa shape index (κ2) is 1.07. The molecule has 8 heavy (non-hydrogen) atoms. The molecule has 0 spiro atoms. The monoisotopic (exact) mass is 110 g/mol. The highest BCUT2D eigenvalue weighted by Gasteiger charge is 2.45. The molecular weight excluding hydrogens is 100 g/mol. The summed E-state index contributed by atoms with van der Waals surface area (Å²) in [4.78, 5) is 6.66. The van der Waals surface area contributed by atoms with Crippen LogP contribution in [0.1, 0.15) is 13.3 Å². The lowest BCUT2D eigenvalue weighted by molar-refractivity contribution is 0.510. The normalized spacial score (nSPS) is 41.8. The number of nitrogens with zero attached hydrogens (tertiary/aromatic N) is 2. The molecule has 0 aromatic carbocycles. The summed E-state index contributed by atoms with van der Waals surface area (Å²) in [5.74, 6) is 1.21. The molecule has 2 rings (SSSR count). The molecule has 2 nitrogen and oxygen atoms in total. The first-order valence-corrected chi connectivity index (χ1v) is 3.06. The first-order valence-electron chi connectivity index (χ1n) is 3.06. The third-order valence-corrected chi connectivity index (χ3v) is 2.08. The summed E-state index contributed by atoms with van der Waals surface area (Å²) >= 11 is 0. The van der Waals surface area contributed by atoms with Gasteiger partial charge in [0.25, 0.3) is 0 Å². The second-order valence-corrected chi connectivity index (χ2v) is 2.66. The van der Waals surface area contributed by atoms with Crippen molar-refractivity contribution in [1.29, 1.82) is 0 Å². The van der Waals surface area contributed by atoms with Crippen LogP contribution < -0.4 is 0 Å². The van der Waals surface area contributed by atoms with E-state index in [1.165, 1.54) is 12.3 Å². The molecule has 2 heteroatoms. The summed E-state index contributed by atoms with van der Waals surface area (Å²) in [7, 11) is 2.12. The fraction of sp³-hybridized carbons (Fsp3) is 0.833. The van der Waals surface area contributed by atoms with Gasteiger partial charge in [0.2, 0.25) is 0 Å². The van der Waals surface area contributed by atoms with Crippen LogP contribution in [0.25, 0.3) is 0 Å². The minimum atomic E-state index is 0.681. The Bertz CT molecular complexity index is 151. The third-order valence-electron chi connectivity index (χ3n) is 2.08. The zero-order valence-electron chi connectivity index (χ0n) is 5.26. The maximum atomic E-state index is 4.39. The van der Waals surface area contributed by atoms with Gasteiger partial charge in [-0.25, -0.2) is 0 Å². The Morgan fingerprint density at radius 1 is 1.75 bits per heavy atom. The van der Waals surface area contributed by atoms with Gasteiger partial charge >= 0.3 is 0 Å². The van der Waals surface area contributed by atoms with E-state index in [0.717, 1.165) is 6.04 Å². The molecule has 1 fully saturated rings. The number of amidine groups is 1. The van der Waals surface area contributed by atoms with Crippen LogP contribution in [0, 0.1) is 0 Å². The summed E-state index contributed by atoms with van der Waals surface area (Å²) in [5.41, 5.74) is 0. The summed E-state index contributed by atoms with van der Waals surface area (Å²) in [5, 5.41) is 0. The van der Waals surface area contributed by atoms with Gasteiger partial charge in [0, 0.05) is 7.05 Å². The highest BCUT2D eigenvalue weighted by molar-refractivity contribution is 5.83.